The summed E-state index contributed by atoms with van der Waals surface area (Å²) in [5.41, 5.74) is 0. The predicted octanol–water partition coefficient (Wildman–Crippen LogP) is 4.51. The van der Waals surface area contributed by atoms with Crippen molar-refractivity contribution in [1.29, 1.82) is 0 Å². The summed E-state index contributed by atoms with van der Waals surface area (Å²) < 4.78 is 190. The lowest BCUT2D eigenvalue weighted by Crippen LogP contribution is -2.70. The van der Waals surface area contributed by atoms with Crippen molar-refractivity contribution < 1.29 is 70.3 Å². The quantitative estimate of drug-likeness (QED) is 0.431. The van der Waals surface area contributed by atoms with Gasteiger partial charge in [0.2, 0.25) is 0 Å². The molecule has 0 aliphatic heterocycles. The molecule has 0 aromatic carbocycles. The van der Waals surface area contributed by atoms with E-state index in [4.69, 9.17) is 0 Å². The Morgan fingerprint density at radius 1 is 0.655 bits per heavy atom. The van der Waals surface area contributed by atoms with Crippen molar-refractivity contribution in [3.63, 3.8) is 0 Å². The first-order valence-electron chi connectivity index (χ1n) is 7.03. The van der Waals surface area contributed by atoms with Crippen LogP contribution in [0.4, 0.5) is 57.1 Å². The summed E-state index contributed by atoms with van der Waals surface area (Å²) in [7, 11) is -4.80. The van der Waals surface area contributed by atoms with Gasteiger partial charge in [0.1, 0.15) is 5.78 Å². The number of hydrogen-bond donors (Lipinski definition) is 0. The SMILES string of the molecule is CC(=O)CCS(=O)(=O)CCC(F)(F)C(F)(F)C(F)(F)C(F)(F)C(F)(F)C(F)(F)F. The molecule has 0 aliphatic rings. The van der Waals surface area contributed by atoms with E-state index >= 15 is 0 Å². The third-order valence-electron chi connectivity index (χ3n) is 3.49. The van der Waals surface area contributed by atoms with Crippen molar-refractivity contribution in [2.24, 2.45) is 0 Å². The smallest absolute Gasteiger partial charge is 0.300 e. The van der Waals surface area contributed by atoms with Crippen LogP contribution in [0.2, 0.25) is 0 Å². The van der Waals surface area contributed by atoms with Crippen molar-refractivity contribution in [3.05, 3.63) is 0 Å². The van der Waals surface area contributed by atoms with Gasteiger partial charge >= 0.3 is 35.8 Å². The molecule has 0 atom stereocenters. The van der Waals surface area contributed by atoms with Crippen LogP contribution in [0.1, 0.15) is 19.8 Å². The number of carbonyl (C=O) groups is 1. The van der Waals surface area contributed by atoms with Crippen LogP contribution in [0, 0.1) is 0 Å². The van der Waals surface area contributed by atoms with Crippen LogP contribution in [0.5, 0.6) is 0 Å². The van der Waals surface area contributed by atoms with Crippen LogP contribution in [-0.2, 0) is 14.6 Å². The van der Waals surface area contributed by atoms with Gasteiger partial charge in [-0.05, 0) is 6.92 Å². The number of hydrogen-bond acceptors (Lipinski definition) is 3. The van der Waals surface area contributed by atoms with Gasteiger partial charge in [0, 0.05) is 12.8 Å². The van der Waals surface area contributed by atoms with Crippen molar-refractivity contribution in [1.82, 2.24) is 0 Å². The van der Waals surface area contributed by atoms with Crippen molar-refractivity contribution in [2.45, 2.75) is 55.6 Å². The van der Waals surface area contributed by atoms with Gasteiger partial charge in [-0.3, -0.25) is 4.79 Å². The standard InChI is InChI=1S/C12H11F13O3S/c1-6(26)2-4-29(27,28)5-3-7(13,14)8(15,16)9(17,18)10(19,20)11(21,22)12(23,24)25/h2-5H2,1H3. The Labute approximate surface area is 154 Å². The minimum absolute atomic E-state index is 0.809. The van der Waals surface area contributed by atoms with Gasteiger partial charge in [0.25, 0.3) is 0 Å². The van der Waals surface area contributed by atoms with Gasteiger partial charge in [0.05, 0.1) is 11.5 Å². The second-order valence-electron chi connectivity index (χ2n) is 5.85. The summed E-state index contributed by atoms with van der Waals surface area (Å²) in [5, 5.41) is 0. The average Bonchev–Trinajstić information content (AvgIpc) is 2.49. The van der Waals surface area contributed by atoms with Gasteiger partial charge in [-0.1, -0.05) is 0 Å². The second kappa shape index (κ2) is 7.76. The number of ketones is 1. The zero-order valence-corrected chi connectivity index (χ0v) is 14.7. The van der Waals surface area contributed by atoms with E-state index in [0.29, 0.717) is 0 Å². The van der Waals surface area contributed by atoms with E-state index in [-0.39, 0.29) is 0 Å². The summed E-state index contributed by atoms with van der Waals surface area (Å²) in [4.78, 5) is 10.6. The number of rotatable bonds is 10. The Morgan fingerprint density at radius 2 is 1.03 bits per heavy atom. The van der Waals surface area contributed by atoms with E-state index in [9.17, 15) is 70.3 Å². The van der Waals surface area contributed by atoms with E-state index < -0.39 is 75.8 Å². The molecule has 0 aromatic rings. The maximum atomic E-state index is 13.4. The average molecular weight is 482 g/mol. The van der Waals surface area contributed by atoms with Crippen molar-refractivity contribution in [2.75, 3.05) is 11.5 Å². The molecule has 0 bridgehead atoms. The van der Waals surface area contributed by atoms with Gasteiger partial charge < -0.3 is 0 Å². The molecule has 0 amide bonds. The highest BCUT2D eigenvalue weighted by Gasteiger charge is 2.90. The van der Waals surface area contributed by atoms with Gasteiger partial charge in [-0.2, -0.15) is 57.1 Å². The zero-order chi connectivity index (χ0) is 23.9. The molecule has 0 heterocycles. The molecule has 0 unspecified atom stereocenters. The topological polar surface area (TPSA) is 51.2 Å². The fourth-order valence-corrected chi connectivity index (χ4v) is 3.01. The molecule has 0 radical (unpaired) electrons. The first-order chi connectivity index (χ1) is 12.4. The number of alkyl halides is 13. The number of halogens is 13. The first kappa shape index (κ1) is 27.7. The monoisotopic (exact) mass is 482 g/mol. The number of carbonyl (C=O) groups excluding carboxylic acids is 1. The second-order valence-corrected chi connectivity index (χ2v) is 8.16. The Morgan fingerprint density at radius 3 is 1.38 bits per heavy atom. The molecule has 174 valence electrons. The van der Waals surface area contributed by atoms with Crippen LogP contribution in [0.3, 0.4) is 0 Å². The van der Waals surface area contributed by atoms with E-state index in [1.807, 2.05) is 0 Å². The fourth-order valence-electron chi connectivity index (χ4n) is 1.64. The highest BCUT2D eigenvalue weighted by molar-refractivity contribution is 7.91. The minimum atomic E-state index is -8.03. The molecule has 0 aliphatic carbocycles. The van der Waals surface area contributed by atoms with Crippen LogP contribution < -0.4 is 0 Å². The summed E-state index contributed by atoms with van der Waals surface area (Å²) in [6.07, 6.45) is -11.2. The predicted molar refractivity (Wildman–Crippen MR) is 69.4 cm³/mol. The molecular formula is C12H11F13O3S. The lowest BCUT2D eigenvalue weighted by atomic mass is 9.93. The normalized spacial score (nSPS) is 15.5. The zero-order valence-electron chi connectivity index (χ0n) is 13.9. The molecule has 0 rings (SSSR count). The third-order valence-corrected chi connectivity index (χ3v) is 5.14. The maximum Gasteiger partial charge on any atom is 0.460 e. The molecule has 17 heteroatoms. The van der Waals surface area contributed by atoms with E-state index in [0.717, 1.165) is 6.92 Å². The molecule has 0 N–H and O–H groups in total. The molecule has 0 saturated heterocycles. The summed E-state index contributed by atoms with van der Waals surface area (Å²) >= 11 is 0. The molecular weight excluding hydrogens is 471 g/mol. The van der Waals surface area contributed by atoms with E-state index in [1.165, 1.54) is 0 Å². The highest BCUT2D eigenvalue weighted by Crippen LogP contribution is 2.60. The lowest BCUT2D eigenvalue weighted by molar-refractivity contribution is -0.439. The van der Waals surface area contributed by atoms with E-state index in [2.05, 4.69) is 0 Å². The molecule has 0 saturated carbocycles. The van der Waals surface area contributed by atoms with Gasteiger partial charge in [-0.15, -0.1) is 0 Å². The summed E-state index contributed by atoms with van der Waals surface area (Å²) in [6.45, 7) is 0.835. The summed E-state index contributed by atoms with van der Waals surface area (Å²) in [6, 6.07) is 0. The van der Waals surface area contributed by atoms with Crippen LogP contribution in [0.15, 0.2) is 0 Å². The molecule has 0 spiro atoms. The fraction of sp³-hybridized carbons (Fsp3) is 0.917. The van der Waals surface area contributed by atoms with Crippen molar-refractivity contribution >= 4 is 15.6 Å². The number of Topliss-reactive ketones (excluding diaryl/α,β-unsaturated/α-hetero) is 1. The lowest BCUT2D eigenvalue weighted by Gasteiger charge is -2.39. The first-order valence-corrected chi connectivity index (χ1v) is 8.85. The van der Waals surface area contributed by atoms with Gasteiger partial charge in [0.15, 0.2) is 9.84 Å². The Hall–Kier alpha value is -1.29. The minimum Gasteiger partial charge on any atom is -0.300 e. The summed E-state index contributed by atoms with van der Waals surface area (Å²) in [5.74, 6) is -41.9. The van der Waals surface area contributed by atoms with Gasteiger partial charge in [-0.25, -0.2) is 8.42 Å². The highest BCUT2D eigenvalue weighted by atomic mass is 32.2. The third kappa shape index (κ3) is 5.07. The number of sulfone groups is 1. The largest absolute Gasteiger partial charge is 0.460 e. The maximum absolute atomic E-state index is 13.4. The molecule has 29 heavy (non-hydrogen) atoms. The molecule has 0 fully saturated rings. The van der Waals surface area contributed by atoms with E-state index in [1.54, 1.807) is 0 Å². The van der Waals surface area contributed by atoms with Crippen LogP contribution >= 0.6 is 0 Å². The molecule has 3 nitrogen and oxygen atoms in total. The Bertz CT molecular complexity index is 709. The Kier molecular flexibility index (Phi) is 7.41. The van der Waals surface area contributed by atoms with Crippen LogP contribution in [0.25, 0.3) is 0 Å². The van der Waals surface area contributed by atoms with Crippen LogP contribution in [-0.4, -0.2) is 61.5 Å². The Balaban J connectivity index is 5.91. The molecule has 0 aromatic heterocycles. The van der Waals surface area contributed by atoms with Crippen molar-refractivity contribution in [3.8, 4) is 0 Å².